The lowest BCUT2D eigenvalue weighted by atomic mass is 9.94. The van der Waals surface area contributed by atoms with Gasteiger partial charge < -0.3 is 10.1 Å². The normalized spacial score (nSPS) is 11.9. The summed E-state index contributed by atoms with van der Waals surface area (Å²) in [7, 11) is 0. The van der Waals surface area contributed by atoms with Crippen molar-refractivity contribution >= 4 is 23.2 Å². The van der Waals surface area contributed by atoms with Crippen molar-refractivity contribution in [1.82, 2.24) is 5.32 Å². The molecular weight excluding hydrogens is 281 g/mol. The lowest BCUT2D eigenvalue weighted by Gasteiger charge is -2.26. The number of halogens is 2. The molecule has 0 bridgehead atoms. The van der Waals surface area contributed by atoms with E-state index in [2.05, 4.69) is 33.0 Å². The fraction of sp³-hybridized carbons (Fsp3) is 0.600. The minimum Gasteiger partial charge on any atom is -0.491 e. The summed E-state index contributed by atoms with van der Waals surface area (Å²) >= 11 is 12.0. The number of benzene rings is 1. The van der Waals surface area contributed by atoms with Crippen molar-refractivity contribution in [2.75, 3.05) is 19.7 Å². The van der Waals surface area contributed by atoms with Crippen LogP contribution in [0.25, 0.3) is 0 Å². The number of nitrogens with one attached hydrogen (secondary N) is 1. The van der Waals surface area contributed by atoms with E-state index in [0.717, 1.165) is 13.1 Å². The molecule has 2 nitrogen and oxygen atoms in total. The summed E-state index contributed by atoms with van der Waals surface area (Å²) in [4.78, 5) is 0. The summed E-state index contributed by atoms with van der Waals surface area (Å²) in [6.45, 7) is 11.2. The maximum atomic E-state index is 6.07. The Kier molecular flexibility index (Phi) is 6.45. The standard InChI is InChI=1S/C15H23Cl2NO/c1-11(2)8-18-9-15(3,4)10-19-14-7-12(16)5-6-13(14)17/h5-7,11,18H,8-10H2,1-4H3. The van der Waals surface area contributed by atoms with Gasteiger partial charge in [-0.05, 0) is 24.6 Å². The largest absolute Gasteiger partial charge is 0.491 e. The summed E-state index contributed by atoms with van der Waals surface area (Å²) in [6.07, 6.45) is 0. The molecule has 0 fully saturated rings. The minimum atomic E-state index is 0.0422. The van der Waals surface area contributed by atoms with Crippen molar-refractivity contribution < 1.29 is 4.74 Å². The predicted octanol–water partition coefficient (Wildman–Crippen LogP) is 4.64. The van der Waals surface area contributed by atoms with Gasteiger partial charge in [-0.3, -0.25) is 0 Å². The fourth-order valence-electron chi connectivity index (χ4n) is 1.61. The molecule has 0 unspecified atom stereocenters. The van der Waals surface area contributed by atoms with E-state index >= 15 is 0 Å². The molecule has 0 saturated carbocycles. The number of ether oxygens (including phenoxy) is 1. The first-order valence-electron chi connectivity index (χ1n) is 6.59. The van der Waals surface area contributed by atoms with Crippen LogP contribution in [0.2, 0.25) is 10.0 Å². The number of rotatable bonds is 7. The van der Waals surface area contributed by atoms with Gasteiger partial charge >= 0.3 is 0 Å². The Hall–Kier alpha value is -0.440. The molecule has 1 aromatic rings. The zero-order valence-corrected chi connectivity index (χ0v) is 13.6. The molecule has 19 heavy (non-hydrogen) atoms. The van der Waals surface area contributed by atoms with Crippen molar-refractivity contribution in [3.63, 3.8) is 0 Å². The van der Waals surface area contributed by atoms with E-state index in [1.54, 1.807) is 18.2 Å². The van der Waals surface area contributed by atoms with Gasteiger partial charge in [0.25, 0.3) is 0 Å². The van der Waals surface area contributed by atoms with Crippen LogP contribution in [-0.2, 0) is 0 Å². The van der Waals surface area contributed by atoms with Crippen LogP contribution in [0.4, 0.5) is 0 Å². The van der Waals surface area contributed by atoms with E-state index in [4.69, 9.17) is 27.9 Å². The Morgan fingerprint density at radius 2 is 1.95 bits per heavy atom. The van der Waals surface area contributed by atoms with Crippen LogP contribution in [0.1, 0.15) is 27.7 Å². The molecule has 0 spiro atoms. The highest BCUT2D eigenvalue weighted by Crippen LogP contribution is 2.29. The average Bonchev–Trinajstić information content (AvgIpc) is 2.30. The van der Waals surface area contributed by atoms with Gasteiger partial charge in [-0.15, -0.1) is 0 Å². The summed E-state index contributed by atoms with van der Waals surface area (Å²) in [6, 6.07) is 5.26. The molecule has 0 aliphatic rings. The first-order valence-corrected chi connectivity index (χ1v) is 7.34. The first kappa shape index (κ1) is 16.6. The van der Waals surface area contributed by atoms with E-state index in [1.165, 1.54) is 0 Å². The lowest BCUT2D eigenvalue weighted by Crippen LogP contribution is -2.35. The Morgan fingerprint density at radius 1 is 1.26 bits per heavy atom. The highest BCUT2D eigenvalue weighted by atomic mass is 35.5. The number of hydrogen-bond donors (Lipinski definition) is 1. The van der Waals surface area contributed by atoms with Gasteiger partial charge in [0.15, 0.2) is 0 Å². The molecule has 4 heteroatoms. The molecule has 0 heterocycles. The molecule has 0 amide bonds. The highest BCUT2D eigenvalue weighted by molar-refractivity contribution is 6.34. The Balaban J connectivity index is 2.47. The summed E-state index contributed by atoms with van der Waals surface area (Å²) in [5.74, 6) is 1.30. The molecule has 108 valence electrons. The van der Waals surface area contributed by atoms with Gasteiger partial charge in [-0.25, -0.2) is 0 Å². The zero-order valence-electron chi connectivity index (χ0n) is 12.1. The van der Waals surface area contributed by atoms with Crippen LogP contribution >= 0.6 is 23.2 Å². The molecule has 0 aliphatic heterocycles. The third-order valence-corrected chi connectivity index (χ3v) is 3.22. The van der Waals surface area contributed by atoms with Crippen molar-refractivity contribution in [2.45, 2.75) is 27.7 Å². The van der Waals surface area contributed by atoms with Crippen LogP contribution < -0.4 is 10.1 Å². The monoisotopic (exact) mass is 303 g/mol. The molecule has 0 saturated heterocycles. The minimum absolute atomic E-state index is 0.0422. The van der Waals surface area contributed by atoms with E-state index in [0.29, 0.717) is 28.3 Å². The van der Waals surface area contributed by atoms with Crippen molar-refractivity contribution in [3.05, 3.63) is 28.2 Å². The fourth-order valence-corrected chi connectivity index (χ4v) is 1.95. The molecule has 1 rings (SSSR count). The van der Waals surface area contributed by atoms with Crippen LogP contribution in [0.15, 0.2) is 18.2 Å². The number of hydrogen-bond acceptors (Lipinski definition) is 2. The molecule has 1 aromatic carbocycles. The Labute approximate surface area is 126 Å². The summed E-state index contributed by atoms with van der Waals surface area (Å²) in [5.41, 5.74) is 0.0422. The first-order chi connectivity index (χ1) is 8.80. The zero-order chi connectivity index (χ0) is 14.5. The van der Waals surface area contributed by atoms with Crippen LogP contribution in [0, 0.1) is 11.3 Å². The average molecular weight is 304 g/mol. The van der Waals surface area contributed by atoms with Crippen LogP contribution in [0.3, 0.4) is 0 Å². The predicted molar refractivity (Wildman–Crippen MR) is 83.4 cm³/mol. The van der Waals surface area contributed by atoms with Gasteiger partial charge in [0.2, 0.25) is 0 Å². The third kappa shape index (κ3) is 6.51. The summed E-state index contributed by atoms with van der Waals surface area (Å²) < 4.78 is 5.78. The molecule has 0 aromatic heterocycles. The van der Waals surface area contributed by atoms with Gasteiger partial charge in [-0.1, -0.05) is 50.9 Å². The Morgan fingerprint density at radius 3 is 2.58 bits per heavy atom. The molecular formula is C15H23Cl2NO. The molecule has 0 radical (unpaired) electrons. The summed E-state index contributed by atoms with van der Waals surface area (Å²) in [5, 5.41) is 4.68. The second-order valence-corrected chi connectivity index (χ2v) is 6.90. The maximum Gasteiger partial charge on any atom is 0.139 e. The second kappa shape index (κ2) is 7.37. The van der Waals surface area contributed by atoms with E-state index in [9.17, 15) is 0 Å². The van der Waals surface area contributed by atoms with Gasteiger partial charge in [0.05, 0.1) is 11.6 Å². The SMILES string of the molecule is CC(C)CNCC(C)(C)COc1cc(Cl)ccc1Cl. The lowest BCUT2D eigenvalue weighted by molar-refractivity contribution is 0.175. The van der Waals surface area contributed by atoms with Crippen LogP contribution in [-0.4, -0.2) is 19.7 Å². The second-order valence-electron chi connectivity index (χ2n) is 6.05. The van der Waals surface area contributed by atoms with Gasteiger partial charge in [-0.2, -0.15) is 0 Å². The van der Waals surface area contributed by atoms with Crippen molar-refractivity contribution in [1.29, 1.82) is 0 Å². The maximum absolute atomic E-state index is 6.07. The topological polar surface area (TPSA) is 21.3 Å². The smallest absolute Gasteiger partial charge is 0.139 e. The van der Waals surface area contributed by atoms with Gasteiger partial charge in [0.1, 0.15) is 5.75 Å². The van der Waals surface area contributed by atoms with E-state index < -0.39 is 0 Å². The van der Waals surface area contributed by atoms with Crippen LogP contribution in [0.5, 0.6) is 5.75 Å². The highest BCUT2D eigenvalue weighted by Gasteiger charge is 2.19. The van der Waals surface area contributed by atoms with E-state index in [1.807, 2.05) is 0 Å². The molecule has 1 N–H and O–H groups in total. The van der Waals surface area contributed by atoms with E-state index in [-0.39, 0.29) is 5.41 Å². The van der Waals surface area contributed by atoms with Crippen molar-refractivity contribution in [2.24, 2.45) is 11.3 Å². The van der Waals surface area contributed by atoms with Crippen molar-refractivity contribution in [3.8, 4) is 5.75 Å². The van der Waals surface area contributed by atoms with Gasteiger partial charge in [0, 0.05) is 23.0 Å². The molecule has 0 aliphatic carbocycles. The third-order valence-electron chi connectivity index (χ3n) is 2.67. The quantitative estimate of drug-likeness (QED) is 0.792. The Bertz CT molecular complexity index is 405. The molecule has 0 atom stereocenters.